The summed E-state index contributed by atoms with van der Waals surface area (Å²) < 4.78 is 5.43. The lowest BCUT2D eigenvalue weighted by Gasteiger charge is -2.22. The van der Waals surface area contributed by atoms with E-state index in [-0.39, 0.29) is 5.41 Å². The number of rotatable bonds is 7. The van der Waals surface area contributed by atoms with Crippen LogP contribution in [0.3, 0.4) is 0 Å². The first-order valence-corrected chi connectivity index (χ1v) is 6.77. The molecule has 0 bridgehead atoms. The number of hydrogen-bond acceptors (Lipinski definition) is 5. The maximum absolute atomic E-state index is 9.92. The molecule has 0 radical (unpaired) electrons. The van der Waals surface area contributed by atoms with Gasteiger partial charge < -0.3 is 15.2 Å². The molecule has 0 fully saturated rings. The Bertz CT molecular complexity index is 377. The van der Waals surface area contributed by atoms with Gasteiger partial charge in [-0.1, -0.05) is 27.7 Å². The van der Waals surface area contributed by atoms with Gasteiger partial charge in [0.2, 0.25) is 5.88 Å². The second kappa shape index (κ2) is 7.28. The number of ether oxygens (including phenoxy) is 1. The van der Waals surface area contributed by atoms with Crippen LogP contribution in [0.25, 0.3) is 0 Å². The van der Waals surface area contributed by atoms with Crippen LogP contribution in [-0.4, -0.2) is 34.3 Å². The second-order valence-electron chi connectivity index (χ2n) is 5.89. The largest absolute Gasteiger partial charge is 0.478 e. The van der Waals surface area contributed by atoms with Crippen LogP contribution in [0.5, 0.6) is 5.88 Å². The van der Waals surface area contributed by atoms with Gasteiger partial charge in [-0.2, -0.15) is 0 Å². The topological polar surface area (TPSA) is 67.3 Å². The summed E-state index contributed by atoms with van der Waals surface area (Å²) in [4.78, 5) is 8.13. The van der Waals surface area contributed by atoms with Gasteiger partial charge >= 0.3 is 0 Å². The molecule has 1 atom stereocenters. The molecule has 0 aliphatic carbocycles. The Hall–Kier alpha value is -1.36. The van der Waals surface area contributed by atoms with Gasteiger partial charge in [0.1, 0.15) is 12.1 Å². The highest BCUT2D eigenvalue weighted by Crippen LogP contribution is 2.21. The number of anilines is 1. The van der Waals surface area contributed by atoms with E-state index in [1.54, 1.807) is 6.07 Å². The van der Waals surface area contributed by atoms with E-state index in [1.165, 1.54) is 6.33 Å². The van der Waals surface area contributed by atoms with Gasteiger partial charge in [0.05, 0.1) is 12.7 Å². The Kier molecular flexibility index (Phi) is 6.02. The Labute approximate surface area is 115 Å². The Morgan fingerprint density at radius 3 is 2.74 bits per heavy atom. The van der Waals surface area contributed by atoms with Crippen LogP contribution >= 0.6 is 0 Å². The van der Waals surface area contributed by atoms with E-state index in [9.17, 15) is 5.11 Å². The van der Waals surface area contributed by atoms with Crippen LogP contribution in [-0.2, 0) is 0 Å². The molecule has 0 saturated heterocycles. The molecular formula is C14H25N3O2. The van der Waals surface area contributed by atoms with Crippen molar-refractivity contribution in [3.8, 4) is 5.88 Å². The van der Waals surface area contributed by atoms with Gasteiger partial charge in [0.25, 0.3) is 0 Å². The molecule has 0 saturated carbocycles. The van der Waals surface area contributed by atoms with Crippen molar-refractivity contribution in [3.63, 3.8) is 0 Å². The molecule has 5 heteroatoms. The molecule has 1 aromatic heterocycles. The number of aliphatic hydroxyl groups is 1. The summed E-state index contributed by atoms with van der Waals surface area (Å²) in [5.41, 5.74) is 0.113. The zero-order valence-corrected chi connectivity index (χ0v) is 12.3. The minimum Gasteiger partial charge on any atom is -0.478 e. The average molecular weight is 267 g/mol. The lowest BCUT2D eigenvalue weighted by atomic mass is 9.89. The molecule has 1 unspecified atom stereocenters. The normalized spacial score (nSPS) is 13.1. The van der Waals surface area contributed by atoms with Gasteiger partial charge in [-0.05, 0) is 18.3 Å². The van der Waals surface area contributed by atoms with Crippen LogP contribution in [0.2, 0.25) is 0 Å². The highest BCUT2D eigenvalue weighted by molar-refractivity contribution is 5.37. The molecule has 0 spiro atoms. The van der Waals surface area contributed by atoms with Crippen molar-refractivity contribution in [3.05, 3.63) is 12.4 Å². The van der Waals surface area contributed by atoms with Gasteiger partial charge in [0.15, 0.2) is 0 Å². The molecule has 0 aliphatic rings. The van der Waals surface area contributed by atoms with E-state index in [4.69, 9.17) is 4.74 Å². The first kappa shape index (κ1) is 15.7. The molecule has 0 amide bonds. The van der Waals surface area contributed by atoms with E-state index >= 15 is 0 Å². The third-order valence-corrected chi connectivity index (χ3v) is 2.46. The summed E-state index contributed by atoms with van der Waals surface area (Å²) in [7, 11) is 0. The summed E-state index contributed by atoms with van der Waals surface area (Å²) in [6, 6.07) is 1.75. The van der Waals surface area contributed by atoms with Crippen molar-refractivity contribution in [1.29, 1.82) is 0 Å². The fourth-order valence-electron chi connectivity index (χ4n) is 1.72. The Morgan fingerprint density at radius 1 is 1.37 bits per heavy atom. The van der Waals surface area contributed by atoms with E-state index in [1.807, 2.05) is 6.92 Å². The Morgan fingerprint density at radius 2 is 2.11 bits per heavy atom. The third-order valence-electron chi connectivity index (χ3n) is 2.46. The maximum atomic E-state index is 9.92. The molecule has 108 valence electrons. The number of hydrogen-bond donors (Lipinski definition) is 2. The fourth-order valence-corrected chi connectivity index (χ4v) is 1.72. The smallest absolute Gasteiger partial charge is 0.218 e. The first-order chi connectivity index (χ1) is 8.90. The van der Waals surface area contributed by atoms with Gasteiger partial charge in [-0.3, -0.25) is 0 Å². The van der Waals surface area contributed by atoms with Crippen LogP contribution in [0, 0.1) is 5.41 Å². The molecule has 2 N–H and O–H groups in total. The van der Waals surface area contributed by atoms with Crippen LogP contribution in [0.4, 0.5) is 5.82 Å². The van der Waals surface area contributed by atoms with Gasteiger partial charge in [0, 0.05) is 12.6 Å². The number of aliphatic hydroxyl groups excluding tert-OH is 1. The van der Waals surface area contributed by atoms with E-state index in [2.05, 4.69) is 36.1 Å². The highest BCUT2D eigenvalue weighted by Gasteiger charge is 2.16. The van der Waals surface area contributed by atoms with Crippen molar-refractivity contribution < 1.29 is 9.84 Å². The summed E-state index contributed by atoms with van der Waals surface area (Å²) >= 11 is 0. The lowest BCUT2D eigenvalue weighted by molar-refractivity contribution is 0.132. The van der Waals surface area contributed by atoms with E-state index in [0.29, 0.717) is 24.8 Å². The number of nitrogens with one attached hydrogen (secondary N) is 1. The summed E-state index contributed by atoms with van der Waals surface area (Å²) in [5, 5.41) is 13.0. The van der Waals surface area contributed by atoms with Crippen molar-refractivity contribution in [1.82, 2.24) is 9.97 Å². The zero-order chi connectivity index (χ0) is 14.3. The third kappa shape index (κ3) is 6.96. The summed E-state index contributed by atoms with van der Waals surface area (Å²) in [6.45, 7) is 9.49. The molecular weight excluding hydrogens is 242 g/mol. The zero-order valence-electron chi connectivity index (χ0n) is 12.3. The van der Waals surface area contributed by atoms with E-state index in [0.717, 1.165) is 12.8 Å². The molecule has 0 aliphatic heterocycles. The fraction of sp³-hybridized carbons (Fsp3) is 0.714. The summed E-state index contributed by atoms with van der Waals surface area (Å²) in [5.74, 6) is 1.23. The van der Waals surface area contributed by atoms with Crippen molar-refractivity contribution >= 4 is 5.82 Å². The molecule has 1 heterocycles. The van der Waals surface area contributed by atoms with Crippen molar-refractivity contribution in [2.75, 3.05) is 18.5 Å². The first-order valence-electron chi connectivity index (χ1n) is 6.77. The standard InChI is InChI=1S/C14H25N3O2/c1-5-6-19-13-7-12(16-10-17-13)15-9-11(18)8-14(2,3)4/h7,10-11,18H,5-6,8-9H2,1-4H3,(H,15,16,17). The molecule has 19 heavy (non-hydrogen) atoms. The average Bonchev–Trinajstić information content (AvgIpc) is 2.32. The number of aromatic nitrogens is 2. The van der Waals surface area contributed by atoms with Crippen LogP contribution in [0.1, 0.15) is 40.5 Å². The van der Waals surface area contributed by atoms with E-state index < -0.39 is 6.10 Å². The number of nitrogens with zero attached hydrogens (tertiary/aromatic N) is 2. The van der Waals surface area contributed by atoms with Gasteiger partial charge in [-0.25, -0.2) is 9.97 Å². The monoisotopic (exact) mass is 267 g/mol. The minimum absolute atomic E-state index is 0.113. The molecule has 1 rings (SSSR count). The molecule has 0 aromatic carbocycles. The predicted octanol–water partition coefficient (Wildman–Crippen LogP) is 2.47. The Balaban J connectivity index is 2.44. The molecule has 1 aromatic rings. The van der Waals surface area contributed by atoms with Crippen LogP contribution in [0.15, 0.2) is 12.4 Å². The second-order valence-corrected chi connectivity index (χ2v) is 5.89. The highest BCUT2D eigenvalue weighted by atomic mass is 16.5. The maximum Gasteiger partial charge on any atom is 0.218 e. The van der Waals surface area contributed by atoms with Gasteiger partial charge in [-0.15, -0.1) is 0 Å². The SMILES string of the molecule is CCCOc1cc(NCC(O)CC(C)(C)C)ncn1. The molecule has 5 nitrogen and oxygen atoms in total. The van der Waals surface area contributed by atoms with Crippen molar-refractivity contribution in [2.24, 2.45) is 5.41 Å². The van der Waals surface area contributed by atoms with Crippen molar-refractivity contribution in [2.45, 2.75) is 46.6 Å². The quantitative estimate of drug-likeness (QED) is 0.794. The lowest BCUT2D eigenvalue weighted by Crippen LogP contribution is -2.25. The van der Waals surface area contributed by atoms with Crippen LogP contribution < -0.4 is 10.1 Å². The minimum atomic E-state index is -0.394. The summed E-state index contributed by atoms with van der Waals surface area (Å²) in [6.07, 6.45) is 2.75. The predicted molar refractivity (Wildman–Crippen MR) is 76.4 cm³/mol.